The Morgan fingerprint density at radius 1 is 1.21 bits per heavy atom. The highest BCUT2D eigenvalue weighted by Crippen LogP contribution is 2.20. The minimum atomic E-state index is -0.220. The first kappa shape index (κ1) is 20.3. The van der Waals surface area contributed by atoms with Gasteiger partial charge in [0.05, 0.1) is 12.8 Å². The second kappa shape index (κ2) is 9.19. The molecule has 0 saturated carbocycles. The van der Waals surface area contributed by atoms with Crippen molar-refractivity contribution in [3.05, 3.63) is 46.1 Å². The normalized spacial score (nSPS) is 15.7. The topological polar surface area (TPSA) is 69.4 Å². The van der Waals surface area contributed by atoms with E-state index in [4.69, 9.17) is 0 Å². The van der Waals surface area contributed by atoms with Crippen LogP contribution < -0.4 is 5.69 Å². The van der Waals surface area contributed by atoms with Crippen LogP contribution in [0, 0.1) is 12.8 Å². The molecule has 3 rings (SSSR count). The quantitative estimate of drug-likeness (QED) is 0.682. The van der Waals surface area contributed by atoms with E-state index in [-0.39, 0.29) is 11.7 Å². The van der Waals surface area contributed by atoms with Gasteiger partial charge in [0, 0.05) is 13.0 Å². The van der Waals surface area contributed by atoms with E-state index < -0.39 is 0 Å². The van der Waals surface area contributed by atoms with E-state index in [9.17, 15) is 9.59 Å². The van der Waals surface area contributed by atoms with E-state index in [2.05, 4.69) is 21.8 Å². The van der Waals surface area contributed by atoms with Crippen molar-refractivity contribution in [2.45, 2.75) is 45.6 Å². The monoisotopic (exact) mass is 386 g/mol. The number of likely N-dealkylation sites (tertiary alicyclic amines) is 1. The summed E-state index contributed by atoms with van der Waals surface area (Å²) in [5.74, 6) is 1.14. The average molecular weight is 386 g/mol. The van der Waals surface area contributed by atoms with E-state index in [1.807, 2.05) is 31.2 Å². The molecule has 28 heavy (non-hydrogen) atoms. The molecule has 0 atom stereocenters. The summed E-state index contributed by atoms with van der Waals surface area (Å²) in [5, 5.41) is 4.47. The van der Waals surface area contributed by atoms with Crippen LogP contribution in [0.2, 0.25) is 0 Å². The molecule has 2 aromatic rings. The highest BCUT2D eigenvalue weighted by molar-refractivity contribution is 5.69. The number of ether oxygens (including phenoxy) is 1. The van der Waals surface area contributed by atoms with Crippen LogP contribution in [0.25, 0.3) is 5.69 Å². The van der Waals surface area contributed by atoms with Crippen molar-refractivity contribution in [2.24, 2.45) is 5.92 Å². The van der Waals surface area contributed by atoms with Gasteiger partial charge in [-0.15, -0.1) is 0 Å². The number of carbonyl (C=O) groups excluding carboxylic acids is 1. The lowest BCUT2D eigenvalue weighted by Gasteiger charge is -2.28. The number of hydrogen-bond donors (Lipinski definition) is 0. The standard InChI is InChI=1S/C21H30N4O3/c1-16-22-24(15-12-18-10-13-23(2)14-11-18)21(27)25(16)19-7-4-17(5-8-19)6-9-20(26)28-3/h4-5,7-8,18H,6,9-15H2,1-3H3. The molecule has 1 aromatic heterocycles. The summed E-state index contributed by atoms with van der Waals surface area (Å²) in [6.45, 7) is 4.79. The maximum Gasteiger partial charge on any atom is 0.350 e. The molecule has 1 aliphatic rings. The van der Waals surface area contributed by atoms with Crippen molar-refractivity contribution in [1.82, 2.24) is 19.2 Å². The Balaban J connectivity index is 1.66. The van der Waals surface area contributed by atoms with Crippen molar-refractivity contribution in [2.75, 3.05) is 27.2 Å². The third-order valence-electron chi connectivity index (χ3n) is 5.63. The van der Waals surface area contributed by atoms with Crippen LogP contribution in [0.15, 0.2) is 29.1 Å². The molecule has 7 heteroatoms. The lowest BCUT2D eigenvalue weighted by Crippen LogP contribution is -2.31. The minimum absolute atomic E-state index is 0.0901. The first-order chi connectivity index (χ1) is 13.5. The van der Waals surface area contributed by atoms with Crippen molar-refractivity contribution >= 4 is 5.97 Å². The van der Waals surface area contributed by atoms with E-state index in [1.54, 1.807) is 9.25 Å². The maximum atomic E-state index is 12.8. The number of aromatic nitrogens is 3. The number of rotatable bonds is 7. The predicted molar refractivity (Wildman–Crippen MR) is 108 cm³/mol. The van der Waals surface area contributed by atoms with Crippen molar-refractivity contribution in [1.29, 1.82) is 0 Å². The van der Waals surface area contributed by atoms with E-state index in [0.29, 0.717) is 31.1 Å². The van der Waals surface area contributed by atoms with E-state index in [1.165, 1.54) is 20.0 Å². The average Bonchev–Trinajstić information content (AvgIpc) is 2.99. The van der Waals surface area contributed by atoms with Gasteiger partial charge in [0.1, 0.15) is 5.82 Å². The Morgan fingerprint density at radius 2 is 1.89 bits per heavy atom. The van der Waals surface area contributed by atoms with Gasteiger partial charge < -0.3 is 9.64 Å². The highest BCUT2D eigenvalue weighted by Gasteiger charge is 2.18. The molecule has 0 N–H and O–H groups in total. The van der Waals surface area contributed by atoms with Crippen LogP contribution in [0.1, 0.15) is 37.1 Å². The minimum Gasteiger partial charge on any atom is -0.469 e. The van der Waals surface area contributed by atoms with Gasteiger partial charge >= 0.3 is 11.7 Å². The van der Waals surface area contributed by atoms with Gasteiger partial charge in [0.15, 0.2) is 0 Å². The van der Waals surface area contributed by atoms with Crippen LogP contribution in [-0.2, 0) is 22.5 Å². The summed E-state index contributed by atoms with van der Waals surface area (Å²) in [6, 6.07) is 7.70. The summed E-state index contributed by atoms with van der Waals surface area (Å²) >= 11 is 0. The van der Waals surface area contributed by atoms with E-state index >= 15 is 0 Å². The molecule has 0 spiro atoms. The summed E-state index contributed by atoms with van der Waals surface area (Å²) in [4.78, 5) is 26.5. The van der Waals surface area contributed by atoms with Crippen molar-refractivity contribution in [3.63, 3.8) is 0 Å². The van der Waals surface area contributed by atoms with Gasteiger partial charge in [-0.3, -0.25) is 4.79 Å². The number of aryl methyl sites for hydroxylation is 3. The zero-order valence-electron chi connectivity index (χ0n) is 17.1. The third-order valence-corrected chi connectivity index (χ3v) is 5.63. The third kappa shape index (κ3) is 4.90. The molecule has 7 nitrogen and oxygen atoms in total. The van der Waals surface area contributed by atoms with Gasteiger partial charge in [-0.2, -0.15) is 5.10 Å². The predicted octanol–water partition coefficient (Wildman–Crippen LogP) is 2.18. The molecule has 0 aliphatic carbocycles. The Morgan fingerprint density at radius 3 is 2.54 bits per heavy atom. The molecule has 152 valence electrons. The molecule has 1 aromatic carbocycles. The first-order valence-electron chi connectivity index (χ1n) is 9.99. The SMILES string of the molecule is COC(=O)CCc1ccc(-n2c(C)nn(CCC3CCN(C)CC3)c2=O)cc1. The summed E-state index contributed by atoms with van der Waals surface area (Å²) < 4.78 is 7.92. The summed E-state index contributed by atoms with van der Waals surface area (Å²) in [5.41, 5.74) is 1.75. The number of piperidine rings is 1. The van der Waals surface area contributed by atoms with Crippen molar-refractivity contribution < 1.29 is 9.53 Å². The maximum absolute atomic E-state index is 12.8. The number of carbonyl (C=O) groups is 1. The van der Waals surface area contributed by atoms with E-state index in [0.717, 1.165) is 30.8 Å². The second-order valence-electron chi connectivity index (χ2n) is 7.67. The molecule has 0 bridgehead atoms. The summed E-state index contributed by atoms with van der Waals surface area (Å²) in [6.07, 6.45) is 4.35. The molecular weight excluding hydrogens is 356 g/mol. The molecule has 1 fully saturated rings. The van der Waals surface area contributed by atoms with Crippen LogP contribution in [0.3, 0.4) is 0 Å². The highest BCUT2D eigenvalue weighted by atomic mass is 16.5. The Labute approximate surface area is 165 Å². The molecule has 0 radical (unpaired) electrons. The fraction of sp³-hybridized carbons (Fsp3) is 0.571. The molecule has 0 unspecified atom stereocenters. The molecule has 0 amide bonds. The zero-order chi connectivity index (χ0) is 20.1. The Hall–Kier alpha value is -2.41. The molecule has 2 heterocycles. The fourth-order valence-electron chi connectivity index (χ4n) is 3.77. The largest absolute Gasteiger partial charge is 0.469 e. The van der Waals surface area contributed by atoms with Gasteiger partial charge in [0.25, 0.3) is 0 Å². The Kier molecular flexibility index (Phi) is 6.67. The van der Waals surface area contributed by atoms with Gasteiger partial charge in [-0.25, -0.2) is 14.0 Å². The number of hydrogen-bond acceptors (Lipinski definition) is 5. The first-order valence-corrected chi connectivity index (χ1v) is 9.99. The molecule has 1 saturated heterocycles. The second-order valence-corrected chi connectivity index (χ2v) is 7.67. The lowest BCUT2D eigenvalue weighted by atomic mass is 9.94. The fourth-order valence-corrected chi connectivity index (χ4v) is 3.77. The summed E-state index contributed by atoms with van der Waals surface area (Å²) in [7, 11) is 3.55. The van der Waals surface area contributed by atoms with Crippen LogP contribution >= 0.6 is 0 Å². The van der Waals surface area contributed by atoms with Crippen LogP contribution in [0.4, 0.5) is 0 Å². The molecular formula is C21H30N4O3. The van der Waals surface area contributed by atoms with Crippen LogP contribution in [0.5, 0.6) is 0 Å². The number of benzene rings is 1. The smallest absolute Gasteiger partial charge is 0.350 e. The van der Waals surface area contributed by atoms with Crippen LogP contribution in [-0.4, -0.2) is 52.5 Å². The lowest BCUT2D eigenvalue weighted by molar-refractivity contribution is -0.140. The number of methoxy groups -OCH3 is 1. The number of nitrogens with zero attached hydrogens (tertiary/aromatic N) is 4. The number of esters is 1. The van der Waals surface area contributed by atoms with Gasteiger partial charge in [-0.05, 0) is 76.4 Å². The molecule has 1 aliphatic heterocycles. The Bertz CT molecular complexity index is 846. The zero-order valence-corrected chi connectivity index (χ0v) is 17.1. The van der Waals surface area contributed by atoms with Gasteiger partial charge in [-0.1, -0.05) is 12.1 Å². The van der Waals surface area contributed by atoms with Gasteiger partial charge in [0.2, 0.25) is 0 Å². The van der Waals surface area contributed by atoms with Crippen molar-refractivity contribution in [3.8, 4) is 5.69 Å².